The van der Waals surface area contributed by atoms with Crippen LogP contribution in [-0.4, -0.2) is 31.6 Å². The number of amides is 1. The van der Waals surface area contributed by atoms with Crippen molar-refractivity contribution in [3.63, 3.8) is 0 Å². The number of piperidine rings is 1. The molecular weight excluding hydrogens is 288 g/mol. The normalized spacial score (nSPS) is 24.0. The smallest absolute Gasteiger partial charge is 0.237 e. The van der Waals surface area contributed by atoms with Gasteiger partial charge >= 0.3 is 0 Å². The summed E-state index contributed by atoms with van der Waals surface area (Å²) in [5.41, 5.74) is 2.79. The minimum Gasteiger partial charge on any atom is -0.373 e. The molecule has 4 nitrogen and oxygen atoms in total. The van der Waals surface area contributed by atoms with Gasteiger partial charge in [-0.05, 0) is 56.2 Å². The molecule has 23 heavy (non-hydrogen) atoms. The lowest BCUT2D eigenvalue weighted by Gasteiger charge is -2.26. The zero-order valence-electron chi connectivity index (χ0n) is 13.9. The van der Waals surface area contributed by atoms with Gasteiger partial charge in [-0.2, -0.15) is 0 Å². The van der Waals surface area contributed by atoms with Crippen molar-refractivity contribution in [3.05, 3.63) is 35.4 Å². The number of rotatable bonds is 6. The van der Waals surface area contributed by atoms with Crippen LogP contribution in [0.4, 0.5) is 0 Å². The van der Waals surface area contributed by atoms with Crippen molar-refractivity contribution in [2.75, 3.05) is 19.7 Å². The lowest BCUT2D eigenvalue weighted by atomic mass is 9.89. The number of carbonyl (C=O) groups is 1. The minimum atomic E-state index is 0.00916. The molecule has 1 saturated heterocycles. The van der Waals surface area contributed by atoms with E-state index in [-0.39, 0.29) is 18.1 Å². The molecule has 0 saturated carbocycles. The fourth-order valence-corrected chi connectivity index (χ4v) is 3.59. The van der Waals surface area contributed by atoms with Crippen molar-refractivity contribution in [2.45, 2.75) is 57.1 Å². The highest BCUT2D eigenvalue weighted by Gasteiger charge is 2.21. The van der Waals surface area contributed by atoms with Crippen LogP contribution in [0.5, 0.6) is 0 Å². The van der Waals surface area contributed by atoms with Gasteiger partial charge in [0.2, 0.25) is 5.91 Å². The number of hydrogen-bond donors (Lipinski definition) is 2. The van der Waals surface area contributed by atoms with Crippen LogP contribution in [0.15, 0.2) is 24.3 Å². The van der Waals surface area contributed by atoms with E-state index in [4.69, 9.17) is 4.74 Å². The van der Waals surface area contributed by atoms with Crippen LogP contribution >= 0.6 is 0 Å². The lowest BCUT2D eigenvalue weighted by Crippen LogP contribution is -2.46. The molecule has 1 fully saturated rings. The predicted octanol–water partition coefficient (Wildman–Crippen LogP) is 2.73. The summed E-state index contributed by atoms with van der Waals surface area (Å²) in [5, 5.41) is 6.31. The molecule has 1 aliphatic carbocycles. The molecule has 3 rings (SSSR count). The van der Waals surface area contributed by atoms with Crippen LogP contribution in [0.1, 0.15) is 55.8 Å². The van der Waals surface area contributed by atoms with E-state index in [1.807, 2.05) is 0 Å². The monoisotopic (exact) mass is 316 g/mol. The van der Waals surface area contributed by atoms with Crippen LogP contribution in [-0.2, 0) is 16.0 Å². The molecule has 2 aliphatic rings. The molecule has 2 N–H and O–H groups in total. The molecule has 1 aromatic rings. The Morgan fingerprint density at radius 2 is 2.13 bits per heavy atom. The van der Waals surface area contributed by atoms with E-state index in [0.717, 1.165) is 32.2 Å². The Morgan fingerprint density at radius 3 is 3.00 bits per heavy atom. The average Bonchev–Trinajstić information content (AvgIpc) is 2.62. The second-order valence-electron chi connectivity index (χ2n) is 6.60. The van der Waals surface area contributed by atoms with Gasteiger partial charge in [0.25, 0.3) is 0 Å². The molecular formula is C19H28N2O2. The molecule has 1 amide bonds. The van der Waals surface area contributed by atoms with Gasteiger partial charge in [-0.25, -0.2) is 0 Å². The molecule has 0 aromatic heterocycles. The number of benzene rings is 1. The third-order valence-corrected chi connectivity index (χ3v) is 4.88. The van der Waals surface area contributed by atoms with E-state index in [0.29, 0.717) is 13.2 Å². The summed E-state index contributed by atoms with van der Waals surface area (Å²) >= 11 is 0. The SMILES string of the molecule is O=C(NCCCOC1CCCc2ccccc21)C1CCCCN1. The van der Waals surface area contributed by atoms with Gasteiger partial charge in [0.05, 0.1) is 12.1 Å². The average molecular weight is 316 g/mol. The first-order valence-corrected chi connectivity index (χ1v) is 9.05. The maximum atomic E-state index is 12.0. The number of carbonyl (C=O) groups excluding carboxylic acids is 1. The number of nitrogens with one attached hydrogen (secondary N) is 2. The predicted molar refractivity (Wildman–Crippen MR) is 91.3 cm³/mol. The van der Waals surface area contributed by atoms with Gasteiger partial charge in [0, 0.05) is 13.2 Å². The Bertz CT molecular complexity index is 512. The van der Waals surface area contributed by atoms with Gasteiger partial charge < -0.3 is 15.4 Å². The number of aryl methyl sites for hydroxylation is 1. The first-order valence-electron chi connectivity index (χ1n) is 9.05. The molecule has 2 unspecified atom stereocenters. The summed E-state index contributed by atoms with van der Waals surface area (Å²) in [5.74, 6) is 0.146. The van der Waals surface area contributed by atoms with Crippen LogP contribution in [0.2, 0.25) is 0 Å². The summed E-state index contributed by atoms with van der Waals surface area (Å²) in [4.78, 5) is 12.0. The second kappa shape index (κ2) is 8.46. The van der Waals surface area contributed by atoms with Gasteiger partial charge in [0.1, 0.15) is 0 Å². The van der Waals surface area contributed by atoms with E-state index >= 15 is 0 Å². The Labute approximate surface area is 139 Å². The molecule has 0 spiro atoms. The van der Waals surface area contributed by atoms with E-state index < -0.39 is 0 Å². The zero-order chi connectivity index (χ0) is 15.9. The third-order valence-electron chi connectivity index (χ3n) is 4.88. The summed E-state index contributed by atoms with van der Waals surface area (Å²) in [6.45, 7) is 2.37. The van der Waals surface area contributed by atoms with Crippen LogP contribution in [0.25, 0.3) is 0 Å². The zero-order valence-corrected chi connectivity index (χ0v) is 13.9. The van der Waals surface area contributed by atoms with Gasteiger partial charge in [0.15, 0.2) is 0 Å². The van der Waals surface area contributed by atoms with Crippen LogP contribution in [0.3, 0.4) is 0 Å². The van der Waals surface area contributed by atoms with Crippen molar-refractivity contribution < 1.29 is 9.53 Å². The maximum absolute atomic E-state index is 12.0. The first-order chi connectivity index (χ1) is 11.3. The van der Waals surface area contributed by atoms with Gasteiger partial charge in [-0.3, -0.25) is 4.79 Å². The summed E-state index contributed by atoms with van der Waals surface area (Å²) < 4.78 is 6.07. The quantitative estimate of drug-likeness (QED) is 0.794. The van der Waals surface area contributed by atoms with Crippen molar-refractivity contribution in [3.8, 4) is 0 Å². The van der Waals surface area contributed by atoms with Crippen LogP contribution in [0, 0.1) is 0 Å². The Hall–Kier alpha value is -1.39. The van der Waals surface area contributed by atoms with Crippen molar-refractivity contribution in [1.82, 2.24) is 10.6 Å². The van der Waals surface area contributed by atoms with E-state index in [1.54, 1.807) is 0 Å². The second-order valence-corrected chi connectivity index (χ2v) is 6.60. The van der Waals surface area contributed by atoms with Crippen LogP contribution < -0.4 is 10.6 Å². The van der Waals surface area contributed by atoms with E-state index in [9.17, 15) is 4.79 Å². The molecule has 0 radical (unpaired) electrons. The first kappa shape index (κ1) is 16.5. The van der Waals surface area contributed by atoms with Crippen molar-refractivity contribution in [1.29, 1.82) is 0 Å². The molecule has 2 atom stereocenters. The molecule has 1 aromatic carbocycles. The minimum absolute atomic E-state index is 0.00916. The molecule has 1 heterocycles. The highest BCUT2D eigenvalue weighted by Crippen LogP contribution is 2.32. The maximum Gasteiger partial charge on any atom is 0.237 e. The number of ether oxygens (including phenoxy) is 1. The largest absolute Gasteiger partial charge is 0.373 e. The molecule has 1 aliphatic heterocycles. The third kappa shape index (κ3) is 4.55. The Morgan fingerprint density at radius 1 is 1.22 bits per heavy atom. The fourth-order valence-electron chi connectivity index (χ4n) is 3.59. The van der Waals surface area contributed by atoms with Crippen molar-refractivity contribution >= 4 is 5.91 Å². The lowest BCUT2D eigenvalue weighted by molar-refractivity contribution is -0.123. The molecule has 126 valence electrons. The summed E-state index contributed by atoms with van der Waals surface area (Å²) in [6.07, 6.45) is 7.87. The number of hydrogen-bond acceptors (Lipinski definition) is 3. The number of fused-ring (bicyclic) bond motifs is 1. The standard InChI is InChI=1S/C19H28N2O2/c22-19(17-10-3-4-12-20-17)21-13-6-14-23-18-11-5-8-15-7-1-2-9-16(15)18/h1-2,7,9,17-18,20H,3-6,8,10-14H2,(H,21,22). The summed E-state index contributed by atoms with van der Waals surface area (Å²) in [6, 6.07) is 8.61. The fraction of sp³-hybridized carbons (Fsp3) is 0.632. The Balaban J connectivity index is 1.35. The van der Waals surface area contributed by atoms with Gasteiger partial charge in [-0.1, -0.05) is 30.7 Å². The summed E-state index contributed by atoms with van der Waals surface area (Å²) in [7, 11) is 0. The highest BCUT2D eigenvalue weighted by atomic mass is 16.5. The van der Waals surface area contributed by atoms with Gasteiger partial charge in [-0.15, -0.1) is 0 Å². The Kier molecular flexibility index (Phi) is 6.06. The van der Waals surface area contributed by atoms with E-state index in [1.165, 1.54) is 30.4 Å². The molecule has 0 bridgehead atoms. The van der Waals surface area contributed by atoms with E-state index in [2.05, 4.69) is 34.9 Å². The molecule has 4 heteroatoms. The highest BCUT2D eigenvalue weighted by molar-refractivity contribution is 5.81. The van der Waals surface area contributed by atoms with Crippen molar-refractivity contribution in [2.24, 2.45) is 0 Å². The topological polar surface area (TPSA) is 50.4 Å².